The normalized spacial score (nSPS) is 10.3. The smallest absolute Gasteiger partial charge is 0.133 e. The highest BCUT2D eigenvalue weighted by Gasteiger charge is 2.14. The first-order valence-electron chi connectivity index (χ1n) is 5.20. The fourth-order valence-electron chi connectivity index (χ4n) is 1.63. The molecule has 2 nitrogen and oxygen atoms in total. The van der Waals surface area contributed by atoms with E-state index in [1.54, 1.807) is 24.4 Å². The SMILES string of the molecule is N#CCc1cc(-c2c(Cl)ccc(Cl)c2Cl)cnc1Cl. The van der Waals surface area contributed by atoms with Crippen LogP contribution in [0.3, 0.4) is 0 Å². The molecular weight excluding hydrogens is 326 g/mol. The molecule has 2 aromatic rings. The zero-order valence-electron chi connectivity index (χ0n) is 9.42. The zero-order valence-corrected chi connectivity index (χ0v) is 12.4. The molecule has 0 fully saturated rings. The van der Waals surface area contributed by atoms with E-state index in [0.29, 0.717) is 36.9 Å². The minimum Gasteiger partial charge on any atom is -0.244 e. The van der Waals surface area contributed by atoms with Crippen LogP contribution in [0.4, 0.5) is 0 Å². The van der Waals surface area contributed by atoms with Gasteiger partial charge in [-0.3, -0.25) is 0 Å². The molecule has 0 atom stereocenters. The van der Waals surface area contributed by atoms with E-state index in [1.807, 2.05) is 6.07 Å². The molecular formula is C13H6Cl4N2. The number of hydrogen-bond acceptors (Lipinski definition) is 2. The Kier molecular flexibility index (Phi) is 4.54. The van der Waals surface area contributed by atoms with Gasteiger partial charge in [-0.15, -0.1) is 0 Å². The third-order valence-electron chi connectivity index (χ3n) is 2.51. The van der Waals surface area contributed by atoms with E-state index in [-0.39, 0.29) is 6.42 Å². The van der Waals surface area contributed by atoms with Crippen molar-refractivity contribution in [2.75, 3.05) is 0 Å². The molecule has 2 rings (SSSR count). The van der Waals surface area contributed by atoms with Crippen LogP contribution in [0.1, 0.15) is 5.56 Å². The summed E-state index contributed by atoms with van der Waals surface area (Å²) in [5.41, 5.74) is 1.88. The van der Waals surface area contributed by atoms with E-state index in [9.17, 15) is 0 Å². The van der Waals surface area contributed by atoms with Crippen LogP contribution in [0.2, 0.25) is 20.2 Å². The molecule has 6 heteroatoms. The van der Waals surface area contributed by atoms with Gasteiger partial charge in [0.05, 0.1) is 27.6 Å². The lowest BCUT2D eigenvalue weighted by Crippen LogP contribution is -1.91. The summed E-state index contributed by atoms with van der Waals surface area (Å²) in [6.07, 6.45) is 1.71. The summed E-state index contributed by atoms with van der Waals surface area (Å²) in [6.45, 7) is 0. The van der Waals surface area contributed by atoms with Crippen LogP contribution in [0.5, 0.6) is 0 Å². The Hall–Kier alpha value is -0.980. The first-order valence-corrected chi connectivity index (χ1v) is 6.71. The second kappa shape index (κ2) is 5.98. The third kappa shape index (κ3) is 2.96. The van der Waals surface area contributed by atoms with Crippen molar-refractivity contribution in [3.8, 4) is 17.2 Å². The van der Waals surface area contributed by atoms with E-state index in [2.05, 4.69) is 4.98 Å². The highest BCUT2D eigenvalue weighted by molar-refractivity contribution is 6.46. The van der Waals surface area contributed by atoms with Crippen LogP contribution in [-0.4, -0.2) is 4.98 Å². The van der Waals surface area contributed by atoms with Gasteiger partial charge >= 0.3 is 0 Å². The molecule has 1 aromatic carbocycles. The van der Waals surface area contributed by atoms with Crippen LogP contribution in [0, 0.1) is 11.3 Å². The lowest BCUT2D eigenvalue weighted by molar-refractivity contribution is 1.19. The van der Waals surface area contributed by atoms with Crippen molar-refractivity contribution >= 4 is 46.4 Å². The molecule has 0 aliphatic rings. The monoisotopic (exact) mass is 330 g/mol. The van der Waals surface area contributed by atoms with Crippen molar-refractivity contribution < 1.29 is 0 Å². The maximum absolute atomic E-state index is 8.75. The summed E-state index contributed by atoms with van der Waals surface area (Å²) in [5.74, 6) is 0. The second-order valence-corrected chi connectivity index (χ2v) is 5.28. The van der Waals surface area contributed by atoms with Gasteiger partial charge in [-0.05, 0) is 18.2 Å². The lowest BCUT2D eigenvalue weighted by atomic mass is 10.0. The molecule has 0 amide bonds. The number of nitriles is 1. The molecule has 1 heterocycles. The Bertz CT molecular complexity index is 677. The predicted molar refractivity (Wildman–Crippen MR) is 79.0 cm³/mol. The van der Waals surface area contributed by atoms with Crippen molar-refractivity contribution in [3.05, 3.63) is 50.2 Å². The van der Waals surface area contributed by atoms with E-state index >= 15 is 0 Å². The van der Waals surface area contributed by atoms with Crippen LogP contribution in [-0.2, 0) is 6.42 Å². The highest BCUT2D eigenvalue weighted by Crippen LogP contribution is 2.39. The van der Waals surface area contributed by atoms with Gasteiger partial charge in [-0.1, -0.05) is 46.4 Å². The van der Waals surface area contributed by atoms with Crippen LogP contribution in [0.25, 0.3) is 11.1 Å². The molecule has 0 bridgehead atoms. The minimum absolute atomic E-state index is 0.162. The Morgan fingerprint density at radius 3 is 2.47 bits per heavy atom. The number of halogens is 4. The van der Waals surface area contributed by atoms with Crippen LogP contribution >= 0.6 is 46.4 Å². The molecule has 0 saturated heterocycles. The average molecular weight is 332 g/mol. The van der Waals surface area contributed by atoms with Gasteiger partial charge in [0.1, 0.15) is 5.15 Å². The number of benzene rings is 1. The Balaban J connectivity index is 2.63. The second-order valence-electron chi connectivity index (χ2n) is 3.73. The number of nitrogens with zero attached hydrogens (tertiary/aromatic N) is 2. The molecule has 96 valence electrons. The summed E-state index contributed by atoms with van der Waals surface area (Å²) < 4.78 is 0. The van der Waals surface area contributed by atoms with Gasteiger partial charge in [0.15, 0.2) is 0 Å². The fraction of sp³-hybridized carbons (Fsp3) is 0.0769. The first kappa shape index (κ1) is 14.4. The van der Waals surface area contributed by atoms with Crippen molar-refractivity contribution in [1.82, 2.24) is 4.98 Å². The largest absolute Gasteiger partial charge is 0.244 e. The van der Waals surface area contributed by atoms with Gasteiger partial charge in [0.2, 0.25) is 0 Å². The molecule has 0 N–H and O–H groups in total. The van der Waals surface area contributed by atoms with E-state index in [0.717, 1.165) is 0 Å². The molecule has 0 aliphatic carbocycles. The number of hydrogen-bond donors (Lipinski definition) is 0. The predicted octanol–water partition coefficient (Wildman–Crippen LogP) is 5.43. The van der Waals surface area contributed by atoms with Crippen LogP contribution in [0.15, 0.2) is 24.4 Å². The van der Waals surface area contributed by atoms with Crippen molar-refractivity contribution in [3.63, 3.8) is 0 Å². The first-order chi connectivity index (χ1) is 9.04. The Labute approximate surface area is 130 Å². The highest BCUT2D eigenvalue weighted by atomic mass is 35.5. The van der Waals surface area contributed by atoms with Gasteiger partial charge in [0, 0.05) is 22.9 Å². The van der Waals surface area contributed by atoms with E-state index in [4.69, 9.17) is 51.7 Å². The molecule has 0 saturated carbocycles. The quantitative estimate of drug-likeness (QED) is 0.543. The molecule has 19 heavy (non-hydrogen) atoms. The Morgan fingerprint density at radius 2 is 1.79 bits per heavy atom. The number of aromatic nitrogens is 1. The average Bonchev–Trinajstić information content (AvgIpc) is 2.38. The van der Waals surface area contributed by atoms with Crippen molar-refractivity contribution in [2.24, 2.45) is 0 Å². The summed E-state index contributed by atoms with van der Waals surface area (Å²) in [5, 5.41) is 10.2. The fourth-order valence-corrected chi connectivity index (χ4v) is 2.55. The molecule has 1 aromatic heterocycles. The van der Waals surface area contributed by atoms with Crippen molar-refractivity contribution in [1.29, 1.82) is 5.26 Å². The van der Waals surface area contributed by atoms with Gasteiger partial charge in [-0.2, -0.15) is 5.26 Å². The third-order valence-corrected chi connectivity index (χ3v) is 3.97. The van der Waals surface area contributed by atoms with Gasteiger partial charge in [-0.25, -0.2) is 4.98 Å². The minimum atomic E-state index is 0.162. The maximum Gasteiger partial charge on any atom is 0.133 e. The topological polar surface area (TPSA) is 36.7 Å². The summed E-state index contributed by atoms with van der Waals surface area (Å²) in [7, 11) is 0. The molecule has 0 aliphatic heterocycles. The number of rotatable bonds is 2. The maximum atomic E-state index is 8.75. The van der Waals surface area contributed by atoms with E-state index in [1.165, 1.54) is 0 Å². The zero-order chi connectivity index (χ0) is 14.0. The van der Waals surface area contributed by atoms with Crippen molar-refractivity contribution in [2.45, 2.75) is 6.42 Å². The van der Waals surface area contributed by atoms with Gasteiger partial charge < -0.3 is 0 Å². The number of pyridine rings is 1. The summed E-state index contributed by atoms with van der Waals surface area (Å²) in [4.78, 5) is 4.04. The van der Waals surface area contributed by atoms with Gasteiger partial charge in [0.25, 0.3) is 0 Å². The Morgan fingerprint density at radius 1 is 1.11 bits per heavy atom. The molecule has 0 spiro atoms. The standard InChI is InChI=1S/C13H6Cl4N2/c14-9-1-2-10(15)12(16)11(9)8-5-7(3-4-18)13(17)19-6-8/h1-2,5-6H,3H2. The summed E-state index contributed by atoms with van der Waals surface area (Å²) in [6, 6.07) is 7.04. The lowest BCUT2D eigenvalue weighted by Gasteiger charge is -2.10. The molecule has 0 radical (unpaired) electrons. The summed E-state index contributed by atoms with van der Waals surface area (Å²) >= 11 is 24.2. The molecule has 0 unspecified atom stereocenters. The van der Waals surface area contributed by atoms with E-state index < -0.39 is 0 Å². The van der Waals surface area contributed by atoms with Crippen LogP contribution < -0.4 is 0 Å².